The molecular weight excluding hydrogens is 233 g/mol. The highest BCUT2D eigenvalue weighted by Gasteiger charge is 2.17. The lowest BCUT2D eigenvalue weighted by atomic mass is 10.1. The summed E-state index contributed by atoms with van der Waals surface area (Å²) >= 11 is 0. The normalized spacial score (nSPS) is 12.9. The molecular formula is C13H16FN3O. The van der Waals surface area contributed by atoms with Crippen molar-refractivity contribution in [1.82, 2.24) is 10.1 Å². The van der Waals surface area contributed by atoms with Gasteiger partial charge in [-0.2, -0.15) is 4.98 Å². The average molecular weight is 249 g/mol. The fourth-order valence-corrected chi connectivity index (χ4v) is 1.55. The minimum Gasteiger partial charge on any atom is -0.339 e. The first-order valence-corrected chi connectivity index (χ1v) is 5.89. The van der Waals surface area contributed by atoms with Crippen LogP contribution in [0.3, 0.4) is 0 Å². The fourth-order valence-electron chi connectivity index (χ4n) is 1.55. The number of rotatable bonds is 4. The molecule has 0 radical (unpaired) electrons. The number of nitrogens with two attached hydrogens (primary N) is 1. The number of nitrogens with zero attached hydrogens (tertiary/aromatic N) is 2. The van der Waals surface area contributed by atoms with Gasteiger partial charge in [0.25, 0.3) is 0 Å². The summed E-state index contributed by atoms with van der Waals surface area (Å²) in [4.78, 5) is 4.25. The zero-order chi connectivity index (χ0) is 13.1. The highest BCUT2D eigenvalue weighted by Crippen LogP contribution is 2.16. The van der Waals surface area contributed by atoms with Crippen LogP contribution in [0.5, 0.6) is 0 Å². The van der Waals surface area contributed by atoms with Crippen LogP contribution in [0.15, 0.2) is 28.8 Å². The van der Waals surface area contributed by atoms with E-state index in [2.05, 4.69) is 10.1 Å². The third-order valence-corrected chi connectivity index (χ3v) is 2.77. The molecule has 18 heavy (non-hydrogen) atoms. The number of benzene rings is 1. The minimum absolute atomic E-state index is 0.226. The Bertz CT molecular complexity index is 507. The molecule has 2 N–H and O–H groups in total. The van der Waals surface area contributed by atoms with Crippen molar-refractivity contribution in [2.24, 2.45) is 11.7 Å². The molecule has 0 fully saturated rings. The molecule has 4 nitrogen and oxygen atoms in total. The maximum Gasteiger partial charge on any atom is 0.231 e. The zero-order valence-electron chi connectivity index (χ0n) is 10.4. The molecule has 0 spiro atoms. The molecule has 5 heteroatoms. The maximum atomic E-state index is 12.8. The Morgan fingerprint density at radius 1 is 1.28 bits per heavy atom. The quantitative estimate of drug-likeness (QED) is 0.904. The van der Waals surface area contributed by atoms with E-state index < -0.39 is 0 Å². The van der Waals surface area contributed by atoms with E-state index in [-0.39, 0.29) is 17.8 Å². The molecule has 1 heterocycles. The second-order valence-electron chi connectivity index (χ2n) is 4.62. The van der Waals surface area contributed by atoms with Gasteiger partial charge in [0.05, 0.1) is 12.5 Å². The molecule has 0 aliphatic heterocycles. The van der Waals surface area contributed by atoms with Crippen molar-refractivity contribution >= 4 is 0 Å². The summed E-state index contributed by atoms with van der Waals surface area (Å²) in [7, 11) is 0. The van der Waals surface area contributed by atoms with Gasteiger partial charge < -0.3 is 10.3 Å². The first kappa shape index (κ1) is 12.7. The van der Waals surface area contributed by atoms with Gasteiger partial charge in [-0.25, -0.2) is 4.39 Å². The highest BCUT2D eigenvalue weighted by molar-refractivity contribution is 5.19. The van der Waals surface area contributed by atoms with Crippen molar-refractivity contribution in [2.75, 3.05) is 0 Å². The SMILES string of the molecule is CC(C)C(N)c1noc(Cc2ccc(F)cc2)n1. The Morgan fingerprint density at radius 2 is 1.94 bits per heavy atom. The molecule has 0 amide bonds. The maximum absolute atomic E-state index is 12.8. The van der Waals surface area contributed by atoms with Crippen LogP contribution in [0.25, 0.3) is 0 Å². The van der Waals surface area contributed by atoms with Gasteiger partial charge in [0, 0.05) is 0 Å². The zero-order valence-corrected chi connectivity index (χ0v) is 10.4. The first-order chi connectivity index (χ1) is 8.56. The van der Waals surface area contributed by atoms with Gasteiger partial charge >= 0.3 is 0 Å². The molecule has 0 aliphatic rings. The monoisotopic (exact) mass is 249 g/mol. The van der Waals surface area contributed by atoms with Gasteiger partial charge in [0.2, 0.25) is 5.89 Å². The van der Waals surface area contributed by atoms with E-state index in [1.165, 1.54) is 12.1 Å². The van der Waals surface area contributed by atoms with Gasteiger partial charge in [-0.1, -0.05) is 31.1 Å². The van der Waals surface area contributed by atoms with E-state index in [0.29, 0.717) is 18.1 Å². The summed E-state index contributed by atoms with van der Waals surface area (Å²) in [6, 6.07) is 5.98. The summed E-state index contributed by atoms with van der Waals surface area (Å²) in [5.41, 5.74) is 6.85. The molecule has 96 valence electrons. The van der Waals surface area contributed by atoms with E-state index in [1.807, 2.05) is 13.8 Å². The largest absolute Gasteiger partial charge is 0.339 e. The van der Waals surface area contributed by atoms with Crippen molar-refractivity contribution in [1.29, 1.82) is 0 Å². The summed E-state index contributed by atoms with van der Waals surface area (Å²) in [6.45, 7) is 4.00. The average Bonchev–Trinajstić information content (AvgIpc) is 2.79. The molecule has 1 unspecified atom stereocenters. The van der Waals surface area contributed by atoms with Crippen molar-refractivity contribution in [2.45, 2.75) is 26.3 Å². The summed E-state index contributed by atoms with van der Waals surface area (Å²) < 4.78 is 17.9. The van der Waals surface area contributed by atoms with E-state index in [1.54, 1.807) is 12.1 Å². The van der Waals surface area contributed by atoms with Crippen LogP contribution in [-0.4, -0.2) is 10.1 Å². The third kappa shape index (κ3) is 2.92. The Kier molecular flexibility index (Phi) is 3.72. The molecule has 2 rings (SSSR count). The Balaban J connectivity index is 2.09. The molecule has 0 saturated carbocycles. The van der Waals surface area contributed by atoms with Gasteiger partial charge in [-0.3, -0.25) is 0 Å². The second kappa shape index (κ2) is 5.27. The summed E-state index contributed by atoms with van der Waals surface area (Å²) in [5.74, 6) is 1.00. The van der Waals surface area contributed by atoms with E-state index in [0.717, 1.165) is 5.56 Å². The van der Waals surface area contributed by atoms with Crippen LogP contribution in [0.2, 0.25) is 0 Å². The number of hydrogen-bond donors (Lipinski definition) is 1. The highest BCUT2D eigenvalue weighted by atomic mass is 19.1. The van der Waals surface area contributed by atoms with Crippen molar-refractivity contribution < 1.29 is 8.91 Å². The van der Waals surface area contributed by atoms with Crippen LogP contribution in [0.1, 0.15) is 37.2 Å². The summed E-state index contributed by atoms with van der Waals surface area (Å²) in [5, 5.41) is 3.87. The predicted octanol–water partition coefficient (Wildman–Crippen LogP) is 2.46. The third-order valence-electron chi connectivity index (χ3n) is 2.77. The van der Waals surface area contributed by atoms with E-state index >= 15 is 0 Å². The second-order valence-corrected chi connectivity index (χ2v) is 4.62. The smallest absolute Gasteiger partial charge is 0.231 e. The van der Waals surface area contributed by atoms with Crippen molar-refractivity contribution in [3.05, 3.63) is 47.4 Å². The molecule has 0 bridgehead atoms. The Hall–Kier alpha value is -1.75. The van der Waals surface area contributed by atoms with Gasteiger partial charge in [-0.05, 0) is 23.6 Å². The van der Waals surface area contributed by atoms with Crippen molar-refractivity contribution in [3.63, 3.8) is 0 Å². The topological polar surface area (TPSA) is 64.9 Å². The van der Waals surface area contributed by atoms with Crippen molar-refractivity contribution in [3.8, 4) is 0 Å². The Labute approximate surface area is 105 Å². The number of aromatic nitrogens is 2. The fraction of sp³-hybridized carbons (Fsp3) is 0.385. The molecule has 0 aliphatic carbocycles. The minimum atomic E-state index is -0.258. The van der Waals surface area contributed by atoms with Gasteiger partial charge in [-0.15, -0.1) is 0 Å². The lowest BCUT2D eigenvalue weighted by molar-refractivity contribution is 0.368. The molecule has 1 atom stereocenters. The predicted molar refractivity (Wildman–Crippen MR) is 65.3 cm³/mol. The molecule has 1 aromatic carbocycles. The van der Waals surface area contributed by atoms with E-state index in [4.69, 9.17) is 10.3 Å². The lowest BCUT2D eigenvalue weighted by Crippen LogP contribution is -2.18. The Morgan fingerprint density at radius 3 is 2.56 bits per heavy atom. The summed E-state index contributed by atoms with van der Waals surface area (Å²) in [6.07, 6.45) is 0.484. The molecule has 0 saturated heterocycles. The van der Waals surface area contributed by atoms with Gasteiger partial charge in [0.1, 0.15) is 5.82 Å². The van der Waals surface area contributed by atoms with Crippen LogP contribution < -0.4 is 5.73 Å². The number of hydrogen-bond acceptors (Lipinski definition) is 4. The van der Waals surface area contributed by atoms with Gasteiger partial charge in [0.15, 0.2) is 5.82 Å². The van der Waals surface area contributed by atoms with Crippen LogP contribution in [0.4, 0.5) is 4.39 Å². The standard InChI is InChI=1S/C13H16FN3O/c1-8(2)12(15)13-16-11(18-17-13)7-9-3-5-10(14)6-4-9/h3-6,8,12H,7,15H2,1-2H3. The molecule has 2 aromatic rings. The van der Waals surface area contributed by atoms with Crippen LogP contribution in [0, 0.1) is 11.7 Å². The van der Waals surface area contributed by atoms with Crippen LogP contribution >= 0.6 is 0 Å². The van der Waals surface area contributed by atoms with Crippen LogP contribution in [-0.2, 0) is 6.42 Å². The molecule has 1 aromatic heterocycles. The number of halogens is 1. The lowest BCUT2D eigenvalue weighted by Gasteiger charge is -2.09. The van der Waals surface area contributed by atoms with E-state index in [9.17, 15) is 4.39 Å². The first-order valence-electron chi connectivity index (χ1n) is 5.89.